The molecule has 1 aromatic carbocycles. The molecule has 0 saturated heterocycles. The first-order valence-electron chi connectivity index (χ1n) is 5.74. The summed E-state index contributed by atoms with van der Waals surface area (Å²) in [6, 6.07) is 9.79. The summed E-state index contributed by atoms with van der Waals surface area (Å²) in [6.45, 7) is 5.60. The monoisotopic (exact) mass is 220 g/mol. The van der Waals surface area contributed by atoms with Gasteiger partial charge in [-0.05, 0) is 17.9 Å². The predicted molar refractivity (Wildman–Crippen MR) is 66.1 cm³/mol. The van der Waals surface area contributed by atoms with Crippen LogP contribution in [0.25, 0.3) is 0 Å². The molecule has 0 aliphatic rings. The largest absolute Gasteiger partial charge is 0.338 e. The van der Waals surface area contributed by atoms with E-state index in [-0.39, 0.29) is 6.03 Å². The van der Waals surface area contributed by atoms with Crippen molar-refractivity contribution in [1.29, 1.82) is 0 Å². The first-order valence-corrected chi connectivity index (χ1v) is 5.74. The third-order valence-electron chi connectivity index (χ3n) is 2.30. The highest BCUT2D eigenvalue weighted by Crippen LogP contribution is 1.97. The van der Waals surface area contributed by atoms with Gasteiger partial charge >= 0.3 is 6.03 Å². The molecule has 0 aliphatic heterocycles. The zero-order valence-electron chi connectivity index (χ0n) is 9.99. The van der Waals surface area contributed by atoms with E-state index in [1.165, 1.54) is 0 Å². The minimum absolute atomic E-state index is 0.0931. The average Bonchev–Trinajstić information content (AvgIpc) is 2.27. The molecule has 3 heteroatoms. The van der Waals surface area contributed by atoms with Crippen LogP contribution in [0.4, 0.5) is 4.79 Å². The number of carbonyl (C=O) groups excluding carboxylic acids is 1. The van der Waals surface area contributed by atoms with Crippen molar-refractivity contribution in [2.45, 2.75) is 26.8 Å². The third kappa shape index (κ3) is 5.39. The fraction of sp³-hybridized carbons (Fsp3) is 0.462. The Balaban J connectivity index is 2.16. The Morgan fingerprint density at radius 1 is 1.19 bits per heavy atom. The normalized spacial score (nSPS) is 10.2. The highest BCUT2D eigenvalue weighted by molar-refractivity contribution is 5.73. The molecule has 3 nitrogen and oxygen atoms in total. The molecule has 0 heterocycles. The average molecular weight is 220 g/mol. The summed E-state index contributed by atoms with van der Waals surface area (Å²) < 4.78 is 0. The Hall–Kier alpha value is -1.51. The molecular weight excluding hydrogens is 200 g/mol. The van der Waals surface area contributed by atoms with Gasteiger partial charge in [0.25, 0.3) is 0 Å². The van der Waals surface area contributed by atoms with Crippen LogP contribution < -0.4 is 10.6 Å². The molecule has 0 spiro atoms. The van der Waals surface area contributed by atoms with Gasteiger partial charge in [-0.2, -0.15) is 0 Å². The number of hydrogen-bond donors (Lipinski definition) is 2. The van der Waals surface area contributed by atoms with Crippen molar-refractivity contribution >= 4 is 6.03 Å². The van der Waals surface area contributed by atoms with Crippen molar-refractivity contribution in [2.75, 3.05) is 6.54 Å². The Morgan fingerprint density at radius 2 is 1.88 bits per heavy atom. The van der Waals surface area contributed by atoms with E-state index in [1.54, 1.807) is 0 Å². The Morgan fingerprint density at radius 3 is 2.50 bits per heavy atom. The third-order valence-corrected chi connectivity index (χ3v) is 2.30. The van der Waals surface area contributed by atoms with Gasteiger partial charge in [-0.15, -0.1) is 0 Å². The SMILES string of the molecule is CC(C)CCNC(=O)NCc1ccccc1. The molecule has 0 radical (unpaired) electrons. The number of carbonyl (C=O) groups is 1. The number of benzene rings is 1. The van der Waals surface area contributed by atoms with Crippen molar-refractivity contribution in [2.24, 2.45) is 5.92 Å². The van der Waals surface area contributed by atoms with Crippen molar-refractivity contribution < 1.29 is 4.79 Å². The van der Waals surface area contributed by atoms with E-state index in [9.17, 15) is 4.79 Å². The van der Waals surface area contributed by atoms with E-state index in [0.29, 0.717) is 12.5 Å². The summed E-state index contributed by atoms with van der Waals surface area (Å²) in [4.78, 5) is 11.4. The second kappa shape index (κ2) is 6.88. The maximum atomic E-state index is 11.4. The summed E-state index contributed by atoms with van der Waals surface area (Å²) in [7, 11) is 0. The molecule has 2 N–H and O–H groups in total. The van der Waals surface area contributed by atoms with Gasteiger partial charge in [0.05, 0.1) is 0 Å². The van der Waals surface area contributed by atoms with E-state index in [4.69, 9.17) is 0 Å². The minimum atomic E-state index is -0.0931. The molecule has 0 fully saturated rings. The molecule has 0 saturated carbocycles. The minimum Gasteiger partial charge on any atom is -0.338 e. The molecule has 0 aromatic heterocycles. The smallest absolute Gasteiger partial charge is 0.315 e. The van der Waals surface area contributed by atoms with Crippen LogP contribution in [-0.4, -0.2) is 12.6 Å². The van der Waals surface area contributed by atoms with Crippen molar-refractivity contribution in [3.63, 3.8) is 0 Å². The molecule has 0 bridgehead atoms. The Bertz CT molecular complexity index is 309. The van der Waals surface area contributed by atoms with Crippen LogP contribution >= 0.6 is 0 Å². The predicted octanol–water partition coefficient (Wildman–Crippen LogP) is 2.53. The van der Waals surface area contributed by atoms with Gasteiger partial charge in [-0.1, -0.05) is 44.2 Å². The molecule has 88 valence electrons. The highest BCUT2D eigenvalue weighted by atomic mass is 16.2. The number of rotatable bonds is 5. The summed E-state index contributed by atoms with van der Waals surface area (Å²) in [5.74, 6) is 0.620. The summed E-state index contributed by atoms with van der Waals surface area (Å²) >= 11 is 0. The van der Waals surface area contributed by atoms with Crippen LogP contribution in [0.2, 0.25) is 0 Å². The first-order chi connectivity index (χ1) is 7.68. The molecule has 1 rings (SSSR count). The number of urea groups is 1. The van der Waals surface area contributed by atoms with Crippen LogP contribution in [0.5, 0.6) is 0 Å². The summed E-state index contributed by atoms with van der Waals surface area (Å²) in [5.41, 5.74) is 1.11. The lowest BCUT2D eigenvalue weighted by Gasteiger charge is -2.08. The van der Waals surface area contributed by atoms with Gasteiger partial charge in [0, 0.05) is 13.1 Å². The molecular formula is C13H20N2O. The van der Waals surface area contributed by atoms with Gasteiger partial charge in [0.2, 0.25) is 0 Å². The quantitative estimate of drug-likeness (QED) is 0.786. The van der Waals surface area contributed by atoms with Crippen molar-refractivity contribution in [3.8, 4) is 0 Å². The standard InChI is InChI=1S/C13H20N2O/c1-11(2)8-9-14-13(16)15-10-12-6-4-3-5-7-12/h3-7,11H,8-10H2,1-2H3,(H2,14,15,16). The van der Waals surface area contributed by atoms with Crippen molar-refractivity contribution in [3.05, 3.63) is 35.9 Å². The maximum Gasteiger partial charge on any atom is 0.315 e. The van der Waals surface area contributed by atoms with E-state index < -0.39 is 0 Å². The number of nitrogens with one attached hydrogen (secondary N) is 2. The summed E-state index contributed by atoms with van der Waals surface area (Å²) in [6.07, 6.45) is 1.01. The van der Waals surface area contributed by atoms with E-state index >= 15 is 0 Å². The van der Waals surface area contributed by atoms with E-state index in [1.807, 2.05) is 30.3 Å². The van der Waals surface area contributed by atoms with Gasteiger partial charge < -0.3 is 10.6 Å². The van der Waals surface area contributed by atoms with Gasteiger partial charge in [-0.25, -0.2) is 4.79 Å². The van der Waals surface area contributed by atoms with Gasteiger partial charge in [0.15, 0.2) is 0 Å². The lowest BCUT2D eigenvalue weighted by Crippen LogP contribution is -2.35. The zero-order valence-corrected chi connectivity index (χ0v) is 9.99. The van der Waals surface area contributed by atoms with Crippen LogP contribution in [0, 0.1) is 5.92 Å². The van der Waals surface area contributed by atoms with E-state index in [2.05, 4.69) is 24.5 Å². The second-order valence-corrected chi connectivity index (χ2v) is 4.28. The number of hydrogen-bond acceptors (Lipinski definition) is 1. The molecule has 0 atom stereocenters. The van der Waals surface area contributed by atoms with Crippen LogP contribution in [0.15, 0.2) is 30.3 Å². The topological polar surface area (TPSA) is 41.1 Å². The van der Waals surface area contributed by atoms with Crippen molar-refractivity contribution in [1.82, 2.24) is 10.6 Å². The zero-order chi connectivity index (χ0) is 11.8. The Kier molecular flexibility index (Phi) is 5.40. The van der Waals surface area contributed by atoms with Crippen LogP contribution in [0.3, 0.4) is 0 Å². The molecule has 16 heavy (non-hydrogen) atoms. The lowest BCUT2D eigenvalue weighted by atomic mass is 10.1. The van der Waals surface area contributed by atoms with Crippen LogP contribution in [-0.2, 0) is 6.54 Å². The molecule has 0 unspecified atom stereocenters. The molecule has 0 aliphatic carbocycles. The molecule has 2 amide bonds. The Labute approximate surface area is 97.2 Å². The highest BCUT2D eigenvalue weighted by Gasteiger charge is 2.00. The fourth-order valence-corrected chi connectivity index (χ4v) is 1.32. The van der Waals surface area contributed by atoms with Gasteiger partial charge in [-0.3, -0.25) is 0 Å². The van der Waals surface area contributed by atoms with E-state index in [0.717, 1.165) is 18.5 Å². The first kappa shape index (κ1) is 12.6. The maximum absolute atomic E-state index is 11.4. The fourth-order valence-electron chi connectivity index (χ4n) is 1.32. The molecule has 1 aromatic rings. The van der Waals surface area contributed by atoms with Crippen LogP contribution in [0.1, 0.15) is 25.8 Å². The van der Waals surface area contributed by atoms with Gasteiger partial charge in [0.1, 0.15) is 0 Å². The summed E-state index contributed by atoms with van der Waals surface area (Å²) in [5, 5.41) is 5.66. The lowest BCUT2D eigenvalue weighted by molar-refractivity contribution is 0.240. The number of amides is 2. The second-order valence-electron chi connectivity index (χ2n) is 4.28.